The molecule has 3 rings (SSSR count). The summed E-state index contributed by atoms with van der Waals surface area (Å²) in [6, 6.07) is 9.35. The Labute approximate surface area is 170 Å². The highest BCUT2D eigenvalue weighted by molar-refractivity contribution is 6.23. The molecule has 0 fully saturated rings. The number of hydrogen-bond donors (Lipinski definition) is 1. The second-order valence-corrected chi connectivity index (χ2v) is 7.28. The van der Waals surface area contributed by atoms with Crippen molar-refractivity contribution in [1.82, 2.24) is 9.88 Å². The maximum Gasteiger partial charge on any atom is 0.262 e. The summed E-state index contributed by atoms with van der Waals surface area (Å²) in [6.07, 6.45) is 1.59. The Bertz CT molecular complexity index is 885. The maximum absolute atomic E-state index is 13.0. The third kappa shape index (κ3) is 3.85. The standard InChI is InChI=1S/C22H26N4O3/c1-5-25(6-2)18-12-11-15(13-23-18)24-20(27)19(14(3)4)26-21(28)16-9-7-8-10-17(16)22(26)29/h7-14,19H,5-6H2,1-4H3,(H,24,27). The van der Waals surface area contributed by atoms with Gasteiger partial charge in [0.1, 0.15) is 11.9 Å². The molecule has 0 radical (unpaired) electrons. The van der Waals surface area contributed by atoms with E-state index < -0.39 is 23.8 Å². The number of amides is 3. The highest BCUT2D eigenvalue weighted by Gasteiger charge is 2.43. The van der Waals surface area contributed by atoms with Gasteiger partial charge in [-0.1, -0.05) is 26.0 Å². The average molecular weight is 394 g/mol. The number of benzene rings is 1. The molecule has 0 bridgehead atoms. The van der Waals surface area contributed by atoms with Crippen LogP contribution in [0.15, 0.2) is 42.6 Å². The summed E-state index contributed by atoms with van der Waals surface area (Å²) >= 11 is 0. The number of aromatic nitrogens is 1. The summed E-state index contributed by atoms with van der Waals surface area (Å²) in [5.74, 6) is -0.704. The van der Waals surface area contributed by atoms with Crippen molar-refractivity contribution in [1.29, 1.82) is 0 Å². The van der Waals surface area contributed by atoms with E-state index in [2.05, 4.69) is 29.0 Å². The zero-order valence-corrected chi connectivity index (χ0v) is 17.2. The summed E-state index contributed by atoms with van der Waals surface area (Å²) < 4.78 is 0. The number of nitrogens with one attached hydrogen (secondary N) is 1. The molecule has 2 aromatic rings. The van der Waals surface area contributed by atoms with Gasteiger partial charge >= 0.3 is 0 Å². The summed E-state index contributed by atoms with van der Waals surface area (Å²) in [6.45, 7) is 9.41. The smallest absolute Gasteiger partial charge is 0.262 e. The van der Waals surface area contributed by atoms with Crippen LogP contribution in [-0.4, -0.2) is 46.7 Å². The molecular weight excluding hydrogens is 368 g/mol. The summed E-state index contributed by atoms with van der Waals surface area (Å²) in [5.41, 5.74) is 1.19. The van der Waals surface area contributed by atoms with Gasteiger partial charge in [-0.05, 0) is 44.0 Å². The van der Waals surface area contributed by atoms with Gasteiger partial charge in [0.05, 0.1) is 23.0 Å². The molecule has 1 atom stereocenters. The Hall–Kier alpha value is -3.22. The predicted octanol–water partition coefficient (Wildman–Crippen LogP) is 3.19. The molecule has 1 aliphatic heterocycles. The maximum atomic E-state index is 13.0. The van der Waals surface area contributed by atoms with Gasteiger partial charge < -0.3 is 10.2 Å². The predicted molar refractivity (Wildman–Crippen MR) is 112 cm³/mol. The first kappa shape index (κ1) is 20.5. The minimum Gasteiger partial charge on any atom is -0.357 e. The first-order valence-electron chi connectivity index (χ1n) is 9.87. The van der Waals surface area contributed by atoms with Crippen molar-refractivity contribution in [2.45, 2.75) is 33.7 Å². The van der Waals surface area contributed by atoms with Crippen molar-refractivity contribution < 1.29 is 14.4 Å². The van der Waals surface area contributed by atoms with Crippen molar-refractivity contribution in [3.63, 3.8) is 0 Å². The second-order valence-electron chi connectivity index (χ2n) is 7.28. The van der Waals surface area contributed by atoms with E-state index in [0.717, 1.165) is 23.8 Å². The Morgan fingerprint density at radius 2 is 1.62 bits per heavy atom. The van der Waals surface area contributed by atoms with Crippen LogP contribution in [0.2, 0.25) is 0 Å². The van der Waals surface area contributed by atoms with Gasteiger partial charge in [0, 0.05) is 13.1 Å². The first-order chi connectivity index (χ1) is 13.9. The Kier molecular flexibility index (Phi) is 5.96. The topological polar surface area (TPSA) is 82.6 Å². The first-order valence-corrected chi connectivity index (χ1v) is 9.87. The number of hydrogen-bond acceptors (Lipinski definition) is 5. The molecule has 0 spiro atoms. The quantitative estimate of drug-likeness (QED) is 0.730. The fourth-order valence-corrected chi connectivity index (χ4v) is 3.59. The normalized spacial score (nSPS) is 14.2. The number of carbonyl (C=O) groups is 3. The Morgan fingerprint density at radius 1 is 1.03 bits per heavy atom. The van der Waals surface area contributed by atoms with E-state index in [4.69, 9.17) is 0 Å². The van der Waals surface area contributed by atoms with Gasteiger partial charge in [0.2, 0.25) is 5.91 Å². The molecule has 1 N–H and O–H groups in total. The van der Waals surface area contributed by atoms with Crippen LogP contribution in [0.25, 0.3) is 0 Å². The molecule has 1 aromatic carbocycles. The lowest BCUT2D eigenvalue weighted by molar-refractivity contribution is -0.121. The number of rotatable bonds is 7. The summed E-state index contributed by atoms with van der Waals surface area (Å²) in [4.78, 5) is 46.2. The van der Waals surface area contributed by atoms with E-state index in [1.807, 2.05) is 19.9 Å². The van der Waals surface area contributed by atoms with Crippen molar-refractivity contribution in [2.75, 3.05) is 23.3 Å². The van der Waals surface area contributed by atoms with Crippen LogP contribution >= 0.6 is 0 Å². The highest BCUT2D eigenvalue weighted by atomic mass is 16.2. The van der Waals surface area contributed by atoms with Crippen LogP contribution in [0, 0.1) is 5.92 Å². The van der Waals surface area contributed by atoms with Crippen LogP contribution in [0.1, 0.15) is 48.4 Å². The van der Waals surface area contributed by atoms with Gasteiger partial charge in [-0.3, -0.25) is 19.3 Å². The number of nitrogens with zero attached hydrogens (tertiary/aromatic N) is 3. The van der Waals surface area contributed by atoms with E-state index in [1.165, 1.54) is 0 Å². The monoisotopic (exact) mass is 394 g/mol. The van der Waals surface area contributed by atoms with Gasteiger partial charge in [-0.2, -0.15) is 0 Å². The highest BCUT2D eigenvalue weighted by Crippen LogP contribution is 2.28. The van der Waals surface area contributed by atoms with Gasteiger partial charge in [0.25, 0.3) is 11.8 Å². The molecule has 0 saturated carbocycles. The molecule has 2 heterocycles. The van der Waals surface area contributed by atoms with Gasteiger partial charge in [0.15, 0.2) is 0 Å². The molecule has 0 saturated heterocycles. The lowest BCUT2D eigenvalue weighted by Gasteiger charge is -2.28. The molecule has 152 valence electrons. The van der Waals surface area contributed by atoms with Crippen molar-refractivity contribution in [3.8, 4) is 0 Å². The number of pyridine rings is 1. The minimum atomic E-state index is -0.912. The fraction of sp³-hybridized carbons (Fsp3) is 0.364. The molecule has 3 amide bonds. The van der Waals surface area contributed by atoms with E-state index >= 15 is 0 Å². The molecule has 0 aliphatic carbocycles. The molecule has 29 heavy (non-hydrogen) atoms. The largest absolute Gasteiger partial charge is 0.357 e. The third-order valence-corrected chi connectivity index (χ3v) is 5.11. The van der Waals surface area contributed by atoms with E-state index in [1.54, 1.807) is 36.5 Å². The van der Waals surface area contributed by atoms with Gasteiger partial charge in [-0.25, -0.2) is 4.98 Å². The van der Waals surface area contributed by atoms with Crippen molar-refractivity contribution in [3.05, 3.63) is 53.7 Å². The fourth-order valence-electron chi connectivity index (χ4n) is 3.59. The van der Waals surface area contributed by atoms with Crippen LogP contribution < -0.4 is 10.2 Å². The molecule has 1 unspecified atom stereocenters. The molecule has 7 nitrogen and oxygen atoms in total. The van der Waals surface area contributed by atoms with Crippen molar-refractivity contribution >= 4 is 29.2 Å². The zero-order valence-electron chi connectivity index (χ0n) is 17.2. The SMILES string of the molecule is CCN(CC)c1ccc(NC(=O)C(C(C)C)N2C(=O)c3ccccc3C2=O)cn1. The lowest BCUT2D eigenvalue weighted by atomic mass is 10.0. The van der Waals surface area contributed by atoms with E-state index in [0.29, 0.717) is 16.8 Å². The summed E-state index contributed by atoms with van der Waals surface area (Å²) in [7, 11) is 0. The molecule has 1 aromatic heterocycles. The second kappa shape index (κ2) is 8.43. The Morgan fingerprint density at radius 3 is 2.07 bits per heavy atom. The number of fused-ring (bicyclic) bond motifs is 1. The molecule has 7 heteroatoms. The van der Waals surface area contributed by atoms with Crippen molar-refractivity contribution in [2.24, 2.45) is 5.92 Å². The lowest BCUT2D eigenvalue weighted by Crippen LogP contribution is -2.50. The average Bonchev–Trinajstić information content (AvgIpc) is 2.96. The van der Waals surface area contributed by atoms with Crippen LogP contribution in [0.5, 0.6) is 0 Å². The van der Waals surface area contributed by atoms with Crippen LogP contribution in [0.4, 0.5) is 11.5 Å². The molecular formula is C22H26N4O3. The Balaban J connectivity index is 1.81. The number of imide groups is 1. The van der Waals surface area contributed by atoms with Crippen LogP contribution in [-0.2, 0) is 4.79 Å². The van der Waals surface area contributed by atoms with E-state index in [9.17, 15) is 14.4 Å². The van der Waals surface area contributed by atoms with Gasteiger partial charge in [-0.15, -0.1) is 0 Å². The zero-order chi connectivity index (χ0) is 21.1. The number of carbonyl (C=O) groups excluding carboxylic acids is 3. The van der Waals surface area contributed by atoms with Crippen LogP contribution in [0.3, 0.4) is 0 Å². The molecule has 1 aliphatic rings. The minimum absolute atomic E-state index is 0.250. The number of anilines is 2. The third-order valence-electron chi connectivity index (χ3n) is 5.11. The summed E-state index contributed by atoms with van der Waals surface area (Å²) in [5, 5.41) is 2.80. The van der Waals surface area contributed by atoms with E-state index in [-0.39, 0.29) is 5.92 Å².